The second-order valence-electron chi connectivity index (χ2n) is 7.28. The van der Waals surface area contributed by atoms with Gasteiger partial charge < -0.3 is 20.9 Å². The van der Waals surface area contributed by atoms with E-state index in [1.165, 1.54) is 25.9 Å². The minimum Gasteiger partial charge on any atom is -0.356 e. The highest BCUT2D eigenvalue weighted by atomic mass is 127. The maximum Gasteiger partial charge on any atom is 0.251 e. The van der Waals surface area contributed by atoms with Gasteiger partial charge in [0.2, 0.25) is 0 Å². The molecule has 0 spiro atoms. The first-order valence-electron chi connectivity index (χ1n) is 10.2. The Morgan fingerprint density at radius 2 is 1.64 bits per heavy atom. The summed E-state index contributed by atoms with van der Waals surface area (Å²) in [6.07, 6.45) is 4.64. The van der Waals surface area contributed by atoms with Gasteiger partial charge in [0, 0.05) is 32.2 Å². The predicted molar refractivity (Wildman–Crippen MR) is 128 cm³/mol. The van der Waals surface area contributed by atoms with E-state index in [-0.39, 0.29) is 29.9 Å². The highest BCUT2D eigenvalue weighted by Crippen LogP contribution is 2.15. The molecule has 0 unspecified atom stereocenters. The van der Waals surface area contributed by atoms with Gasteiger partial charge in [-0.15, -0.1) is 24.0 Å². The summed E-state index contributed by atoms with van der Waals surface area (Å²) >= 11 is 0. The lowest BCUT2D eigenvalue weighted by Crippen LogP contribution is -2.40. The van der Waals surface area contributed by atoms with E-state index in [1.54, 1.807) is 7.05 Å². The molecule has 6 nitrogen and oxygen atoms in total. The number of nitrogens with zero attached hydrogens (tertiary/aromatic N) is 2. The predicted octanol–water partition coefficient (Wildman–Crippen LogP) is 2.71. The number of piperidine rings is 1. The van der Waals surface area contributed by atoms with Crippen LogP contribution in [0.4, 0.5) is 0 Å². The Kier molecular flexibility index (Phi) is 12.9. The third-order valence-electron chi connectivity index (χ3n) is 5.01. The number of hydrogen-bond donors (Lipinski definition) is 3. The molecule has 1 aliphatic rings. The van der Waals surface area contributed by atoms with Crippen LogP contribution in [-0.2, 0) is 0 Å². The molecule has 1 fully saturated rings. The molecule has 1 saturated heterocycles. The number of aliphatic imine (C=N–C) groups is 1. The Bertz CT molecular complexity index is 573. The van der Waals surface area contributed by atoms with Crippen LogP contribution in [-0.4, -0.2) is 63.1 Å². The molecule has 1 aromatic carbocycles. The van der Waals surface area contributed by atoms with E-state index >= 15 is 0 Å². The number of amides is 1. The van der Waals surface area contributed by atoms with Gasteiger partial charge >= 0.3 is 0 Å². The van der Waals surface area contributed by atoms with Crippen LogP contribution in [0.3, 0.4) is 0 Å². The fraction of sp³-hybridized carbons (Fsp3) is 0.619. The average Bonchev–Trinajstić information content (AvgIpc) is 2.71. The highest BCUT2D eigenvalue weighted by Gasteiger charge is 2.14. The van der Waals surface area contributed by atoms with Gasteiger partial charge in [-0.1, -0.05) is 25.1 Å². The van der Waals surface area contributed by atoms with Crippen LogP contribution in [0.25, 0.3) is 0 Å². The van der Waals surface area contributed by atoms with Crippen molar-refractivity contribution in [2.45, 2.75) is 32.6 Å². The quantitative estimate of drug-likeness (QED) is 0.211. The lowest BCUT2D eigenvalue weighted by molar-refractivity contribution is 0.0953. The SMILES string of the molecule is CN=C(NCCCNC(=O)c1ccccc1)NCCCN1CCC(C)CC1.I. The third-order valence-corrected chi connectivity index (χ3v) is 5.01. The van der Waals surface area contributed by atoms with Gasteiger partial charge in [0.15, 0.2) is 5.96 Å². The van der Waals surface area contributed by atoms with Crippen molar-refractivity contribution in [2.75, 3.05) is 46.3 Å². The summed E-state index contributed by atoms with van der Waals surface area (Å²) in [5, 5.41) is 9.61. The van der Waals surface area contributed by atoms with Gasteiger partial charge in [-0.2, -0.15) is 0 Å². The lowest BCUT2D eigenvalue weighted by atomic mass is 9.99. The Morgan fingerprint density at radius 1 is 1.04 bits per heavy atom. The molecular weight excluding hydrogens is 465 g/mol. The monoisotopic (exact) mass is 501 g/mol. The van der Waals surface area contributed by atoms with Gasteiger partial charge in [0.05, 0.1) is 0 Å². The van der Waals surface area contributed by atoms with Crippen molar-refractivity contribution < 1.29 is 4.79 Å². The fourth-order valence-corrected chi connectivity index (χ4v) is 3.20. The Morgan fingerprint density at radius 3 is 2.29 bits per heavy atom. The van der Waals surface area contributed by atoms with Crippen LogP contribution in [0.1, 0.15) is 43.0 Å². The summed E-state index contributed by atoms with van der Waals surface area (Å²) < 4.78 is 0. The van der Waals surface area contributed by atoms with E-state index in [2.05, 4.69) is 32.8 Å². The molecule has 0 bridgehead atoms. The average molecular weight is 501 g/mol. The third kappa shape index (κ3) is 9.73. The van der Waals surface area contributed by atoms with Gasteiger partial charge in [-0.05, 0) is 63.4 Å². The fourth-order valence-electron chi connectivity index (χ4n) is 3.20. The van der Waals surface area contributed by atoms with Gasteiger partial charge in [0.1, 0.15) is 0 Å². The highest BCUT2D eigenvalue weighted by molar-refractivity contribution is 14.0. The minimum absolute atomic E-state index is 0. The number of guanidine groups is 1. The van der Waals surface area contributed by atoms with Crippen molar-refractivity contribution in [1.29, 1.82) is 0 Å². The zero-order chi connectivity index (χ0) is 19.3. The number of hydrogen-bond acceptors (Lipinski definition) is 3. The van der Waals surface area contributed by atoms with Crippen LogP contribution in [0.15, 0.2) is 35.3 Å². The maximum atomic E-state index is 11.9. The molecule has 0 saturated carbocycles. The molecule has 28 heavy (non-hydrogen) atoms. The summed E-state index contributed by atoms with van der Waals surface area (Å²) in [6.45, 7) is 8.33. The smallest absolute Gasteiger partial charge is 0.251 e. The van der Waals surface area contributed by atoms with Gasteiger partial charge in [-0.3, -0.25) is 9.79 Å². The first-order chi connectivity index (χ1) is 13.2. The first kappa shape index (κ1) is 24.7. The summed E-state index contributed by atoms with van der Waals surface area (Å²) in [6, 6.07) is 9.30. The van der Waals surface area contributed by atoms with Gasteiger partial charge in [-0.25, -0.2) is 0 Å². The van der Waals surface area contributed by atoms with Crippen LogP contribution in [0, 0.1) is 5.92 Å². The van der Waals surface area contributed by atoms with E-state index < -0.39 is 0 Å². The van der Waals surface area contributed by atoms with Crippen molar-refractivity contribution in [2.24, 2.45) is 10.9 Å². The largest absolute Gasteiger partial charge is 0.356 e. The van der Waals surface area contributed by atoms with Crippen LogP contribution in [0.2, 0.25) is 0 Å². The summed E-state index contributed by atoms with van der Waals surface area (Å²) in [5.74, 6) is 1.70. The van der Waals surface area contributed by atoms with Crippen molar-refractivity contribution >= 4 is 35.8 Å². The standard InChI is InChI=1S/C21H35N5O.HI/c1-18-10-16-26(17-11-18)15-7-14-25-21(22-2)24-13-6-12-23-20(27)19-8-4-3-5-9-19;/h3-5,8-9,18H,6-7,10-17H2,1-2H3,(H,23,27)(H2,22,24,25);1H. The van der Waals surface area contributed by atoms with Crippen molar-refractivity contribution in [1.82, 2.24) is 20.9 Å². The second-order valence-corrected chi connectivity index (χ2v) is 7.28. The lowest BCUT2D eigenvalue weighted by Gasteiger charge is -2.30. The van der Waals surface area contributed by atoms with Crippen molar-refractivity contribution in [3.05, 3.63) is 35.9 Å². The number of likely N-dealkylation sites (tertiary alicyclic amines) is 1. The van der Waals surface area contributed by atoms with E-state index in [0.29, 0.717) is 12.1 Å². The first-order valence-corrected chi connectivity index (χ1v) is 10.2. The molecule has 1 aromatic rings. The molecule has 3 N–H and O–H groups in total. The second kappa shape index (κ2) is 14.6. The van der Waals surface area contributed by atoms with E-state index in [0.717, 1.165) is 44.4 Å². The maximum absolute atomic E-state index is 11.9. The summed E-state index contributed by atoms with van der Waals surface area (Å²) in [7, 11) is 1.79. The van der Waals surface area contributed by atoms with E-state index in [4.69, 9.17) is 0 Å². The molecule has 1 amide bonds. The van der Waals surface area contributed by atoms with Crippen LogP contribution >= 0.6 is 24.0 Å². The molecule has 7 heteroatoms. The van der Waals surface area contributed by atoms with Crippen LogP contribution < -0.4 is 16.0 Å². The molecule has 0 atom stereocenters. The topological polar surface area (TPSA) is 68.8 Å². The summed E-state index contributed by atoms with van der Waals surface area (Å²) in [4.78, 5) is 18.8. The Labute approximate surface area is 187 Å². The summed E-state index contributed by atoms with van der Waals surface area (Å²) in [5.41, 5.74) is 0.700. The molecular formula is C21H36IN5O. The number of carbonyl (C=O) groups is 1. The zero-order valence-electron chi connectivity index (χ0n) is 17.2. The number of nitrogens with one attached hydrogen (secondary N) is 3. The van der Waals surface area contributed by atoms with Crippen molar-refractivity contribution in [3.63, 3.8) is 0 Å². The normalized spacial score (nSPS) is 15.6. The molecule has 2 rings (SSSR count). The number of halogens is 1. The van der Waals surface area contributed by atoms with Gasteiger partial charge in [0.25, 0.3) is 5.91 Å². The minimum atomic E-state index is -0.0230. The number of rotatable bonds is 9. The van der Waals surface area contributed by atoms with Crippen molar-refractivity contribution in [3.8, 4) is 0 Å². The molecule has 158 valence electrons. The Hall–Kier alpha value is -1.35. The molecule has 0 aromatic heterocycles. The molecule has 1 aliphatic heterocycles. The molecule has 0 aliphatic carbocycles. The molecule has 1 heterocycles. The molecule has 0 radical (unpaired) electrons. The zero-order valence-corrected chi connectivity index (χ0v) is 19.6. The Balaban J connectivity index is 0.00000392. The van der Waals surface area contributed by atoms with E-state index in [9.17, 15) is 4.79 Å². The van der Waals surface area contributed by atoms with E-state index in [1.807, 2.05) is 30.3 Å². The number of benzene rings is 1. The number of carbonyl (C=O) groups excluding carboxylic acids is 1. The van der Waals surface area contributed by atoms with Crippen LogP contribution in [0.5, 0.6) is 0 Å².